The van der Waals surface area contributed by atoms with Crippen LogP contribution in [0.4, 0.5) is 4.39 Å². The Kier molecular flexibility index (Phi) is 6.19. The Bertz CT molecular complexity index is 517. The average Bonchev–Trinajstić information content (AvgIpc) is 2.42. The second-order valence-corrected chi connectivity index (χ2v) is 5.91. The lowest BCUT2D eigenvalue weighted by Crippen LogP contribution is -2.00. The minimum absolute atomic E-state index is 0.151. The van der Waals surface area contributed by atoms with Gasteiger partial charge in [-0.05, 0) is 75.3 Å². The van der Waals surface area contributed by atoms with Crippen molar-refractivity contribution >= 4 is 5.57 Å². The van der Waals surface area contributed by atoms with E-state index in [9.17, 15) is 4.39 Å². The summed E-state index contributed by atoms with van der Waals surface area (Å²) in [4.78, 5) is 0. The van der Waals surface area contributed by atoms with E-state index >= 15 is 0 Å². The predicted molar refractivity (Wildman–Crippen MR) is 87.4 cm³/mol. The maximum atomic E-state index is 13.6. The number of halogens is 1. The third kappa shape index (κ3) is 4.33. The molecule has 1 aromatic carbocycles. The summed E-state index contributed by atoms with van der Waals surface area (Å²) < 4.78 is 13.6. The van der Waals surface area contributed by atoms with Gasteiger partial charge in [0.05, 0.1) is 0 Å². The van der Waals surface area contributed by atoms with Gasteiger partial charge in [-0.2, -0.15) is 0 Å². The summed E-state index contributed by atoms with van der Waals surface area (Å²) in [7, 11) is 0. The number of allylic oxidation sites excluding steroid dienone is 4. The molecule has 0 aliphatic heterocycles. The molecule has 110 valence electrons. The van der Waals surface area contributed by atoms with Crippen LogP contribution in [0.15, 0.2) is 35.4 Å². The van der Waals surface area contributed by atoms with Crippen molar-refractivity contribution in [3.05, 3.63) is 52.4 Å². The normalized spacial score (nSPS) is 13.8. The topological polar surface area (TPSA) is 0 Å². The summed E-state index contributed by atoms with van der Waals surface area (Å²) in [6, 6.07) is 5.20. The molecule has 0 N–H and O–H groups in total. The molecule has 0 amide bonds. The summed E-state index contributed by atoms with van der Waals surface area (Å²) in [5.74, 6) is 0.251. The van der Waals surface area contributed by atoms with Crippen LogP contribution in [0.25, 0.3) is 5.57 Å². The molecular formula is C19H27F. The van der Waals surface area contributed by atoms with Gasteiger partial charge in [-0.1, -0.05) is 37.1 Å². The Morgan fingerprint density at radius 3 is 2.40 bits per heavy atom. The van der Waals surface area contributed by atoms with Gasteiger partial charge in [-0.25, -0.2) is 4.39 Å². The molecule has 0 nitrogen and oxygen atoms in total. The van der Waals surface area contributed by atoms with Crippen molar-refractivity contribution < 1.29 is 4.39 Å². The third-order valence-corrected chi connectivity index (χ3v) is 4.00. The number of hydrogen-bond acceptors (Lipinski definition) is 0. The fraction of sp³-hybridized carbons (Fsp3) is 0.474. The molecule has 0 radical (unpaired) electrons. The van der Waals surface area contributed by atoms with E-state index < -0.39 is 0 Å². The first kappa shape index (κ1) is 16.7. The van der Waals surface area contributed by atoms with Crippen LogP contribution in [0.1, 0.15) is 71.4 Å². The minimum atomic E-state index is -0.151. The van der Waals surface area contributed by atoms with Crippen molar-refractivity contribution in [1.82, 2.24) is 0 Å². The van der Waals surface area contributed by atoms with Crippen LogP contribution in [0.2, 0.25) is 0 Å². The van der Waals surface area contributed by atoms with E-state index in [2.05, 4.69) is 47.6 Å². The van der Waals surface area contributed by atoms with Crippen LogP contribution in [0.3, 0.4) is 0 Å². The Labute approximate surface area is 123 Å². The standard InChI is InChI=1S/C19H27F/c1-7-14(4)16(6)19-12-17(20)10-11-18(19)15(5)9-8-13(2)3/h8,10-12,15H,7,9H2,1-6H3/b16-14-. The molecule has 0 heterocycles. The molecule has 1 heteroatoms. The molecule has 1 unspecified atom stereocenters. The van der Waals surface area contributed by atoms with Crippen molar-refractivity contribution in [2.45, 2.75) is 60.3 Å². The lowest BCUT2D eigenvalue weighted by molar-refractivity contribution is 0.624. The molecule has 0 fully saturated rings. The van der Waals surface area contributed by atoms with Gasteiger partial charge in [0.25, 0.3) is 0 Å². The highest BCUT2D eigenvalue weighted by atomic mass is 19.1. The Balaban J connectivity index is 3.24. The highest BCUT2D eigenvalue weighted by molar-refractivity contribution is 5.69. The lowest BCUT2D eigenvalue weighted by Gasteiger charge is -2.18. The second kappa shape index (κ2) is 7.42. The Hall–Kier alpha value is -1.37. The number of benzene rings is 1. The molecule has 20 heavy (non-hydrogen) atoms. The first-order valence-electron chi connectivity index (χ1n) is 7.46. The molecular weight excluding hydrogens is 247 g/mol. The molecule has 0 bridgehead atoms. The first-order valence-corrected chi connectivity index (χ1v) is 7.46. The van der Waals surface area contributed by atoms with Gasteiger partial charge in [0.15, 0.2) is 0 Å². The maximum absolute atomic E-state index is 13.6. The quantitative estimate of drug-likeness (QED) is 0.538. The van der Waals surface area contributed by atoms with Crippen LogP contribution in [0.5, 0.6) is 0 Å². The van der Waals surface area contributed by atoms with Gasteiger partial charge >= 0.3 is 0 Å². The monoisotopic (exact) mass is 274 g/mol. The molecule has 0 saturated carbocycles. The zero-order chi connectivity index (χ0) is 15.3. The van der Waals surface area contributed by atoms with E-state index in [1.54, 1.807) is 12.1 Å². The van der Waals surface area contributed by atoms with Crippen molar-refractivity contribution in [3.8, 4) is 0 Å². The van der Waals surface area contributed by atoms with Crippen LogP contribution < -0.4 is 0 Å². The lowest BCUT2D eigenvalue weighted by atomic mass is 9.88. The zero-order valence-electron chi connectivity index (χ0n) is 13.7. The first-order chi connectivity index (χ1) is 9.36. The van der Waals surface area contributed by atoms with Crippen molar-refractivity contribution in [1.29, 1.82) is 0 Å². The molecule has 0 aliphatic rings. The average molecular weight is 274 g/mol. The Morgan fingerprint density at radius 1 is 1.20 bits per heavy atom. The van der Waals surface area contributed by atoms with Crippen molar-refractivity contribution in [3.63, 3.8) is 0 Å². The van der Waals surface area contributed by atoms with E-state index in [1.165, 1.54) is 22.3 Å². The van der Waals surface area contributed by atoms with Crippen LogP contribution in [-0.4, -0.2) is 0 Å². The fourth-order valence-corrected chi connectivity index (χ4v) is 2.32. The number of rotatable bonds is 5. The van der Waals surface area contributed by atoms with E-state index in [0.29, 0.717) is 5.92 Å². The fourth-order valence-electron chi connectivity index (χ4n) is 2.32. The maximum Gasteiger partial charge on any atom is 0.123 e. The van der Waals surface area contributed by atoms with E-state index in [4.69, 9.17) is 0 Å². The summed E-state index contributed by atoms with van der Waals surface area (Å²) in [6.45, 7) is 12.8. The third-order valence-electron chi connectivity index (χ3n) is 4.00. The van der Waals surface area contributed by atoms with Crippen LogP contribution in [0, 0.1) is 5.82 Å². The van der Waals surface area contributed by atoms with E-state index in [-0.39, 0.29) is 5.82 Å². The molecule has 1 atom stereocenters. The van der Waals surface area contributed by atoms with Gasteiger partial charge in [0.2, 0.25) is 0 Å². The highest BCUT2D eigenvalue weighted by Crippen LogP contribution is 2.31. The minimum Gasteiger partial charge on any atom is -0.207 e. The summed E-state index contributed by atoms with van der Waals surface area (Å²) in [5, 5.41) is 0. The highest BCUT2D eigenvalue weighted by Gasteiger charge is 2.13. The van der Waals surface area contributed by atoms with Gasteiger partial charge in [0.1, 0.15) is 5.82 Å². The van der Waals surface area contributed by atoms with E-state index in [0.717, 1.165) is 18.4 Å². The van der Waals surface area contributed by atoms with Crippen LogP contribution in [-0.2, 0) is 0 Å². The summed E-state index contributed by atoms with van der Waals surface area (Å²) in [5.41, 5.74) is 6.18. The smallest absolute Gasteiger partial charge is 0.123 e. The molecule has 0 spiro atoms. The van der Waals surface area contributed by atoms with E-state index in [1.807, 2.05) is 6.07 Å². The predicted octanol–water partition coefficient (Wildman–Crippen LogP) is 6.49. The van der Waals surface area contributed by atoms with Gasteiger partial charge in [-0.15, -0.1) is 0 Å². The SMILES string of the molecule is CC/C(C)=C(/C)c1cc(F)ccc1C(C)CC=C(C)C. The van der Waals surface area contributed by atoms with Gasteiger partial charge < -0.3 is 0 Å². The molecule has 0 aliphatic carbocycles. The van der Waals surface area contributed by atoms with Crippen molar-refractivity contribution in [2.75, 3.05) is 0 Å². The van der Waals surface area contributed by atoms with Gasteiger partial charge in [0, 0.05) is 0 Å². The Morgan fingerprint density at radius 2 is 1.85 bits per heavy atom. The summed E-state index contributed by atoms with van der Waals surface area (Å²) in [6.07, 6.45) is 4.26. The number of hydrogen-bond donors (Lipinski definition) is 0. The van der Waals surface area contributed by atoms with Crippen molar-refractivity contribution in [2.24, 2.45) is 0 Å². The zero-order valence-corrected chi connectivity index (χ0v) is 13.7. The largest absolute Gasteiger partial charge is 0.207 e. The molecule has 0 saturated heterocycles. The molecule has 1 aromatic rings. The van der Waals surface area contributed by atoms with Gasteiger partial charge in [-0.3, -0.25) is 0 Å². The second-order valence-electron chi connectivity index (χ2n) is 5.91. The molecule has 1 rings (SSSR count). The van der Waals surface area contributed by atoms with Crippen LogP contribution >= 0.6 is 0 Å². The molecule has 0 aromatic heterocycles. The summed E-state index contributed by atoms with van der Waals surface area (Å²) >= 11 is 0.